The van der Waals surface area contributed by atoms with Gasteiger partial charge in [0.05, 0.1) is 12.7 Å². The molecule has 0 heterocycles. The van der Waals surface area contributed by atoms with Crippen LogP contribution in [0.4, 0.5) is 0 Å². The first-order valence-electron chi connectivity index (χ1n) is 6.46. The first-order chi connectivity index (χ1) is 8.01. The molecule has 0 aromatic heterocycles. The van der Waals surface area contributed by atoms with E-state index in [-0.39, 0.29) is 6.10 Å². The summed E-state index contributed by atoms with van der Waals surface area (Å²) in [7, 11) is 0. The Morgan fingerprint density at radius 3 is 2.29 bits per heavy atom. The van der Waals surface area contributed by atoms with E-state index >= 15 is 0 Å². The molecular formula is C15H24O2. The van der Waals surface area contributed by atoms with Gasteiger partial charge in [-0.25, -0.2) is 0 Å². The standard InChI is InChI=1S/C15H24O2/c1-6-14(16)13-9-12(10(3)4)15(17-7-2)8-11(13)5/h8-10,14,16H,6-7H2,1-5H3. The number of ether oxygens (including phenoxy) is 1. The minimum absolute atomic E-state index is 0.372. The first-order valence-corrected chi connectivity index (χ1v) is 6.46. The molecule has 0 aliphatic rings. The lowest BCUT2D eigenvalue weighted by Gasteiger charge is -2.19. The number of rotatable bonds is 5. The molecule has 1 aromatic carbocycles. The zero-order valence-corrected chi connectivity index (χ0v) is 11.6. The van der Waals surface area contributed by atoms with Crippen molar-refractivity contribution in [3.63, 3.8) is 0 Å². The first kappa shape index (κ1) is 14.0. The van der Waals surface area contributed by atoms with Crippen molar-refractivity contribution in [1.29, 1.82) is 0 Å². The molecule has 0 saturated carbocycles. The highest BCUT2D eigenvalue weighted by Crippen LogP contribution is 2.33. The molecule has 0 aliphatic carbocycles. The van der Waals surface area contributed by atoms with Crippen molar-refractivity contribution in [2.45, 2.75) is 53.1 Å². The number of hydrogen-bond donors (Lipinski definition) is 1. The summed E-state index contributed by atoms with van der Waals surface area (Å²) < 4.78 is 5.67. The van der Waals surface area contributed by atoms with Crippen molar-refractivity contribution in [2.24, 2.45) is 0 Å². The number of aliphatic hydroxyl groups is 1. The molecule has 0 aliphatic heterocycles. The highest BCUT2D eigenvalue weighted by Gasteiger charge is 2.15. The lowest BCUT2D eigenvalue weighted by atomic mass is 9.93. The predicted molar refractivity (Wildman–Crippen MR) is 71.7 cm³/mol. The van der Waals surface area contributed by atoms with Crippen LogP contribution < -0.4 is 4.74 Å². The topological polar surface area (TPSA) is 29.5 Å². The molecule has 17 heavy (non-hydrogen) atoms. The largest absolute Gasteiger partial charge is 0.494 e. The average molecular weight is 236 g/mol. The van der Waals surface area contributed by atoms with Crippen LogP contribution in [0.25, 0.3) is 0 Å². The molecule has 0 amide bonds. The van der Waals surface area contributed by atoms with Gasteiger partial charge in [-0.1, -0.05) is 20.8 Å². The highest BCUT2D eigenvalue weighted by atomic mass is 16.5. The molecule has 1 atom stereocenters. The van der Waals surface area contributed by atoms with Crippen molar-refractivity contribution in [3.05, 3.63) is 28.8 Å². The smallest absolute Gasteiger partial charge is 0.123 e. The maximum absolute atomic E-state index is 10.00. The summed E-state index contributed by atoms with van der Waals surface area (Å²) in [5.41, 5.74) is 3.31. The van der Waals surface area contributed by atoms with Gasteiger partial charge in [0.25, 0.3) is 0 Å². The van der Waals surface area contributed by atoms with Gasteiger partial charge in [0.2, 0.25) is 0 Å². The summed E-state index contributed by atoms with van der Waals surface area (Å²) >= 11 is 0. The zero-order chi connectivity index (χ0) is 13.0. The Balaban J connectivity index is 3.24. The zero-order valence-electron chi connectivity index (χ0n) is 11.6. The molecule has 1 unspecified atom stereocenters. The fourth-order valence-electron chi connectivity index (χ4n) is 2.03. The van der Waals surface area contributed by atoms with Crippen LogP contribution in [0, 0.1) is 6.92 Å². The van der Waals surface area contributed by atoms with Crippen molar-refractivity contribution >= 4 is 0 Å². The molecule has 1 aromatic rings. The molecule has 0 bridgehead atoms. The van der Waals surface area contributed by atoms with Gasteiger partial charge < -0.3 is 9.84 Å². The van der Waals surface area contributed by atoms with Crippen LogP contribution in [0.15, 0.2) is 12.1 Å². The fraction of sp³-hybridized carbons (Fsp3) is 0.600. The van der Waals surface area contributed by atoms with E-state index in [0.717, 1.165) is 23.3 Å². The molecule has 1 N–H and O–H groups in total. The number of benzene rings is 1. The SMILES string of the molecule is CCOc1cc(C)c(C(O)CC)cc1C(C)C. The molecule has 96 valence electrons. The van der Waals surface area contributed by atoms with Gasteiger partial charge in [0.15, 0.2) is 0 Å². The molecule has 2 heteroatoms. The van der Waals surface area contributed by atoms with E-state index in [1.54, 1.807) is 0 Å². The normalized spacial score (nSPS) is 12.9. The van der Waals surface area contributed by atoms with Gasteiger partial charge in [0.1, 0.15) is 5.75 Å². The highest BCUT2D eigenvalue weighted by molar-refractivity contribution is 5.44. The summed E-state index contributed by atoms with van der Waals surface area (Å²) in [5.74, 6) is 1.35. The second-order valence-electron chi connectivity index (χ2n) is 4.76. The Hall–Kier alpha value is -1.02. The van der Waals surface area contributed by atoms with Gasteiger partial charge >= 0.3 is 0 Å². The number of hydrogen-bond acceptors (Lipinski definition) is 2. The average Bonchev–Trinajstić information content (AvgIpc) is 2.28. The summed E-state index contributed by atoms with van der Waals surface area (Å²) in [5, 5.41) is 10.00. The van der Waals surface area contributed by atoms with Crippen molar-refractivity contribution in [2.75, 3.05) is 6.61 Å². The molecule has 0 radical (unpaired) electrons. The van der Waals surface area contributed by atoms with Gasteiger partial charge in [-0.3, -0.25) is 0 Å². The van der Waals surface area contributed by atoms with Crippen molar-refractivity contribution in [3.8, 4) is 5.75 Å². The molecule has 0 fully saturated rings. The summed E-state index contributed by atoms with van der Waals surface area (Å²) in [6.07, 6.45) is 0.370. The van der Waals surface area contributed by atoms with Crippen LogP contribution in [-0.2, 0) is 0 Å². The third-order valence-electron chi connectivity index (χ3n) is 3.07. The van der Waals surface area contributed by atoms with Crippen LogP contribution in [0.5, 0.6) is 5.75 Å². The molecule has 0 saturated heterocycles. The Kier molecular flexibility index (Phi) is 5.01. The van der Waals surface area contributed by atoms with Crippen LogP contribution in [0.2, 0.25) is 0 Å². The second-order valence-corrected chi connectivity index (χ2v) is 4.76. The van der Waals surface area contributed by atoms with E-state index in [4.69, 9.17) is 4.74 Å². The quantitative estimate of drug-likeness (QED) is 0.838. The molecular weight excluding hydrogens is 212 g/mol. The van der Waals surface area contributed by atoms with E-state index in [9.17, 15) is 5.11 Å². The van der Waals surface area contributed by atoms with Crippen LogP contribution >= 0.6 is 0 Å². The van der Waals surface area contributed by atoms with E-state index < -0.39 is 0 Å². The van der Waals surface area contributed by atoms with Gasteiger partial charge in [0, 0.05) is 0 Å². The van der Waals surface area contributed by atoms with Crippen LogP contribution in [0.1, 0.15) is 62.8 Å². The van der Waals surface area contributed by atoms with Gasteiger partial charge in [-0.05, 0) is 55.0 Å². The molecule has 2 nitrogen and oxygen atoms in total. The molecule has 1 rings (SSSR count). The predicted octanol–water partition coefficient (Wildman–Crippen LogP) is 3.96. The summed E-state index contributed by atoms with van der Waals surface area (Å²) in [6.45, 7) is 11.0. The number of aliphatic hydroxyl groups excluding tert-OH is 1. The van der Waals surface area contributed by atoms with Crippen molar-refractivity contribution < 1.29 is 9.84 Å². The fourth-order valence-corrected chi connectivity index (χ4v) is 2.03. The third-order valence-corrected chi connectivity index (χ3v) is 3.07. The third kappa shape index (κ3) is 3.22. The lowest BCUT2D eigenvalue weighted by molar-refractivity contribution is 0.172. The van der Waals surface area contributed by atoms with Gasteiger partial charge in [-0.15, -0.1) is 0 Å². The monoisotopic (exact) mass is 236 g/mol. The Morgan fingerprint density at radius 2 is 1.82 bits per heavy atom. The maximum atomic E-state index is 10.00. The van der Waals surface area contributed by atoms with E-state index in [0.29, 0.717) is 12.5 Å². The minimum atomic E-state index is -0.372. The van der Waals surface area contributed by atoms with E-state index in [1.165, 1.54) is 5.56 Å². The van der Waals surface area contributed by atoms with Crippen molar-refractivity contribution in [1.82, 2.24) is 0 Å². The second kappa shape index (κ2) is 6.06. The van der Waals surface area contributed by atoms with Crippen LogP contribution in [0.3, 0.4) is 0 Å². The maximum Gasteiger partial charge on any atom is 0.123 e. The van der Waals surface area contributed by atoms with Crippen LogP contribution in [-0.4, -0.2) is 11.7 Å². The Morgan fingerprint density at radius 1 is 1.18 bits per heavy atom. The van der Waals surface area contributed by atoms with E-state index in [2.05, 4.69) is 19.9 Å². The Bertz CT molecular complexity index is 369. The lowest BCUT2D eigenvalue weighted by Crippen LogP contribution is -2.04. The van der Waals surface area contributed by atoms with Gasteiger partial charge in [-0.2, -0.15) is 0 Å². The molecule has 0 spiro atoms. The summed E-state index contributed by atoms with van der Waals surface area (Å²) in [4.78, 5) is 0. The summed E-state index contributed by atoms with van der Waals surface area (Å²) in [6, 6.07) is 4.15. The minimum Gasteiger partial charge on any atom is -0.494 e. The number of aryl methyl sites for hydroxylation is 1. The van der Waals surface area contributed by atoms with E-state index in [1.807, 2.05) is 26.8 Å². The Labute approximate surface area is 105 Å².